The van der Waals surface area contributed by atoms with Crippen molar-refractivity contribution >= 4 is 0 Å². The Kier molecular flexibility index (Phi) is 3.31. The molecule has 4 nitrogen and oxygen atoms in total. The second-order valence-corrected chi connectivity index (χ2v) is 3.63. The number of nitrogens with one attached hydrogen (secondary N) is 2. The van der Waals surface area contributed by atoms with Crippen LogP contribution in [0.5, 0.6) is 0 Å². The molecule has 0 aliphatic rings. The van der Waals surface area contributed by atoms with Crippen molar-refractivity contribution in [2.45, 2.75) is 19.9 Å². The number of aromatic amines is 1. The number of hydrogen-bond acceptors (Lipinski definition) is 3. The fraction of sp³-hybridized carbons (Fsp3) is 0.333. The van der Waals surface area contributed by atoms with Gasteiger partial charge in [-0.2, -0.15) is 5.10 Å². The van der Waals surface area contributed by atoms with Crippen LogP contribution >= 0.6 is 0 Å². The van der Waals surface area contributed by atoms with Crippen LogP contribution in [0.1, 0.15) is 18.2 Å². The lowest BCUT2D eigenvalue weighted by molar-refractivity contribution is 0.805. The Morgan fingerprint density at radius 2 is 2.25 bits per heavy atom. The average molecular weight is 216 g/mol. The fourth-order valence-corrected chi connectivity index (χ4v) is 1.78. The number of nitrogens with zero attached hydrogens (tertiary/aromatic N) is 2. The molecule has 0 fully saturated rings. The zero-order valence-corrected chi connectivity index (χ0v) is 9.62. The van der Waals surface area contributed by atoms with Crippen molar-refractivity contribution in [2.75, 3.05) is 7.05 Å². The molecule has 2 aromatic rings. The highest BCUT2D eigenvalue weighted by atomic mass is 15.1. The Morgan fingerprint density at radius 1 is 1.38 bits per heavy atom. The van der Waals surface area contributed by atoms with E-state index in [0.717, 1.165) is 24.4 Å². The maximum Gasteiger partial charge on any atom is 0.115 e. The molecule has 84 valence electrons. The van der Waals surface area contributed by atoms with Crippen LogP contribution in [-0.4, -0.2) is 22.2 Å². The zero-order chi connectivity index (χ0) is 11.4. The smallest absolute Gasteiger partial charge is 0.115 e. The van der Waals surface area contributed by atoms with Gasteiger partial charge in [-0.3, -0.25) is 10.1 Å². The molecule has 0 saturated carbocycles. The minimum Gasteiger partial charge on any atom is -0.316 e. The first-order valence-corrected chi connectivity index (χ1v) is 5.49. The van der Waals surface area contributed by atoms with Crippen molar-refractivity contribution in [1.29, 1.82) is 0 Å². The van der Waals surface area contributed by atoms with Gasteiger partial charge in [-0.05, 0) is 25.6 Å². The number of aromatic nitrogens is 3. The minimum absolute atomic E-state index is 0.811. The van der Waals surface area contributed by atoms with Crippen LogP contribution in [0.4, 0.5) is 0 Å². The largest absolute Gasteiger partial charge is 0.316 e. The van der Waals surface area contributed by atoms with Gasteiger partial charge in [0.1, 0.15) is 5.69 Å². The van der Waals surface area contributed by atoms with Gasteiger partial charge in [0.15, 0.2) is 0 Å². The standard InChI is InChI=1S/C12H16N4/c1-3-10-9(8-13-2)12(16-15-10)11-6-4-5-7-14-11/h4-7,13H,3,8H2,1-2H3,(H,15,16). The Morgan fingerprint density at radius 3 is 2.88 bits per heavy atom. The predicted molar refractivity (Wildman–Crippen MR) is 64.0 cm³/mol. The lowest BCUT2D eigenvalue weighted by atomic mass is 10.1. The van der Waals surface area contributed by atoms with Gasteiger partial charge in [0, 0.05) is 24.0 Å². The summed E-state index contributed by atoms with van der Waals surface area (Å²) in [6.07, 6.45) is 2.75. The molecule has 4 heteroatoms. The van der Waals surface area contributed by atoms with E-state index in [9.17, 15) is 0 Å². The summed E-state index contributed by atoms with van der Waals surface area (Å²) in [7, 11) is 1.94. The highest BCUT2D eigenvalue weighted by Gasteiger charge is 2.13. The summed E-state index contributed by atoms with van der Waals surface area (Å²) in [5.41, 5.74) is 4.26. The maximum absolute atomic E-state index is 4.35. The first-order chi connectivity index (χ1) is 7.86. The van der Waals surface area contributed by atoms with E-state index in [-0.39, 0.29) is 0 Å². The Bertz CT molecular complexity index is 447. The molecule has 0 unspecified atom stereocenters. The van der Waals surface area contributed by atoms with Crippen LogP contribution in [0, 0.1) is 0 Å². The summed E-state index contributed by atoms with van der Waals surface area (Å²) < 4.78 is 0. The highest BCUT2D eigenvalue weighted by molar-refractivity contribution is 5.59. The molecule has 0 bridgehead atoms. The molecule has 2 aromatic heterocycles. The molecule has 0 amide bonds. The van der Waals surface area contributed by atoms with E-state index in [1.807, 2.05) is 25.2 Å². The third-order valence-corrected chi connectivity index (χ3v) is 2.57. The molecule has 2 heterocycles. The third-order valence-electron chi connectivity index (χ3n) is 2.57. The van der Waals surface area contributed by atoms with E-state index in [1.54, 1.807) is 6.20 Å². The summed E-state index contributed by atoms with van der Waals surface area (Å²) in [6, 6.07) is 5.87. The van der Waals surface area contributed by atoms with Crippen LogP contribution in [0.25, 0.3) is 11.4 Å². The van der Waals surface area contributed by atoms with Crippen molar-refractivity contribution in [3.05, 3.63) is 35.7 Å². The molecular formula is C12H16N4. The second-order valence-electron chi connectivity index (χ2n) is 3.63. The number of aryl methyl sites for hydroxylation is 1. The van der Waals surface area contributed by atoms with Crippen molar-refractivity contribution < 1.29 is 0 Å². The first kappa shape index (κ1) is 10.8. The summed E-state index contributed by atoms with van der Waals surface area (Å²) in [6.45, 7) is 2.93. The molecule has 0 aliphatic carbocycles. The molecule has 2 rings (SSSR count). The molecule has 16 heavy (non-hydrogen) atoms. The Hall–Kier alpha value is -1.68. The summed E-state index contributed by atoms with van der Waals surface area (Å²) >= 11 is 0. The quantitative estimate of drug-likeness (QED) is 0.818. The van der Waals surface area contributed by atoms with Crippen LogP contribution in [-0.2, 0) is 13.0 Å². The molecule has 0 radical (unpaired) electrons. The lowest BCUT2D eigenvalue weighted by Gasteiger charge is -2.03. The Balaban J connectivity index is 2.44. The summed E-state index contributed by atoms with van der Waals surface area (Å²) in [4.78, 5) is 4.33. The van der Waals surface area contributed by atoms with Gasteiger partial charge in [-0.1, -0.05) is 13.0 Å². The minimum atomic E-state index is 0.811. The monoisotopic (exact) mass is 216 g/mol. The average Bonchev–Trinajstić information content (AvgIpc) is 2.74. The molecule has 0 spiro atoms. The fourth-order valence-electron chi connectivity index (χ4n) is 1.78. The van der Waals surface area contributed by atoms with E-state index in [2.05, 4.69) is 27.4 Å². The normalized spacial score (nSPS) is 10.6. The number of pyridine rings is 1. The van der Waals surface area contributed by atoms with Crippen LogP contribution in [0.2, 0.25) is 0 Å². The van der Waals surface area contributed by atoms with E-state index in [0.29, 0.717) is 0 Å². The van der Waals surface area contributed by atoms with Gasteiger partial charge in [0.2, 0.25) is 0 Å². The number of rotatable bonds is 4. The van der Waals surface area contributed by atoms with Crippen LogP contribution in [0.15, 0.2) is 24.4 Å². The van der Waals surface area contributed by atoms with Crippen LogP contribution in [0.3, 0.4) is 0 Å². The van der Waals surface area contributed by atoms with Crippen LogP contribution < -0.4 is 5.32 Å². The predicted octanol–water partition coefficient (Wildman–Crippen LogP) is 1.75. The molecule has 0 atom stereocenters. The van der Waals surface area contributed by atoms with E-state index in [4.69, 9.17) is 0 Å². The van der Waals surface area contributed by atoms with Gasteiger partial charge in [0.25, 0.3) is 0 Å². The summed E-state index contributed by atoms with van der Waals surface area (Å²) in [5.74, 6) is 0. The van der Waals surface area contributed by atoms with Crippen molar-refractivity contribution in [3.8, 4) is 11.4 Å². The molecule has 0 aliphatic heterocycles. The SMILES string of the molecule is CCc1[nH]nc(-c2ccccn2)c1CNC. The third kappa shape index (κ3) is 1.97. The van der Waals surface area contributed by atoms with E-state index < -0.39 is 0 Å². The first-order valence-electron chi connectivity index (χ1n) is 5.49. The molecule has 2 N–H and O–H groups in total. The molecule has 0 saturated heterocycles. The van der Waals surface area contributed by atoms with Gasteiger partial charge in [-0.25, -0.2) is 0 Å². The summed E-state index contributed by atoms with van der Waals surface area (Å²) in [5, 5.41) is 10.6. The number of hydrogen-bond donors (Lipinski definition) is 2. The molecular weight excluding hydrogens is 200 g/mol. The van der Waals surface area contributed by atoms with Gasteiger partial charge < -0.3 is 5.32 Å². The van der Waals surface area contributed by atoms with E-state index in [1.165, 1.54) is 11.3 Å². The lowest BCUT2D eigenvalue weighted by Crippen LogP contribution is -2.07. The van der Waals surface area contributed by atoms with Crippen molar-refractivity contribution in [2.24, 2.45) is 0 Å². The molecule has 0 aromatic carbocycles. The topological polar surface area (TPSA) is 53.6 Å². The van der Waals surface area contributed by atoms with Gasteiger partial charge >= 0.3 is 0 Å². The Labute approximate surface area is 95.1 Å². The van der Waals surface area contributed by atoms with Crippen molar-refractivity contribution in [1.82, 2.24) is 20.5 Å². The van der Waals surface area contributed by atoms with Crippen molar-refractivity contribution in [3.63, 3.8) is 0 Å². The number of H-pyrrole nitrogens is 1. The maximum atomic E-state index is 4.35. The highest BCUT2D eigenvalue weighted by Crippen LogP contribution is 2.21. The van der Waals surface area contributed by atoms with Gasteiger partial charge in [-0.15, -0.1) is 0 Å². The zero-order valence-electron chi connectivity index (χ0n) is 9.62. The van der Waals surface area contributed by atoms with E-state index >= 15 is 0 Å². The van der Waals surface area contributed by atoms with Gasteiger partial charge in [0.05, 0.1) is 5.69 Å². The second kappa shape index (κ2) is 4.90.